The quantitative estimate of drug-likeness (QED) is 0.168. The number of hydrogen-bond acceptors (Lipinski definition) is 1. The summed E-state index contributed by atoms with van der Waals surface area (Å²) >= 11 is 16.4. The van der Waals surface area contributed by atoms with Gasteiger partial charge in [0.15, 0.2) is 0 Å². The van der Waals surface area contributed by atoms with Crippen LogP contribution in [-0.4, -0.2) is 9.13 Å². The lowest BCUT2D eigenvalue weighted by Gasteiger charge is -2.06. The first kappa shape index (κ1) is 22.3. The van der Waals surface area contributed by atoms with E-state index in [0.29, 0.717) is 0 Å². The topological polar surface area (TPSA) is 9.86 Å². The standard InChI is InChI=1S/C28H14Br4N2S/c29-15-1-5-23-19(11-15)20-12-16(30)2-6-24(20)33(23)27-9-10-28(35-27)34-25-7-3-17(31)13-21(25)22-14-18(32)4-8-26(22)34/h1-14H. The first-order valence-electron chi connectivity index (χ1n) is 10.9. The minimum Gasteiger partial charge on any atom is -0.301 e. The first-order chi connectivity index (χ1) is 17.0. The van der Waals surface area contributed by atoms with Crippen LogP contribution in [0.2, 0.25) is 0 Å². The highest BCUT2D eigenvalue weighted by Gasteiger charge is 2.18. The third-order valence-electron chi connectivity index (χ3n) is 6.40. The third-order valence-corrected chi connectivity index (χ3v) is 9.43. The molecule has 0 bridgehead atoms. The van der Waals surface area contributed by atoms with Crippen molar-refractivity contribution in [3.05, 3.63) is 103 Å². The predicted octanol–water partition coefficient (Wildman–Crippen LogP) is 11.0. The van der Waals surface area contributed by atoms with E-state index in [4.69, 9.17) is 0 Å². The lowest BCUT2D eigenvalue weighted by molar-refractivity contribution is 1.22. The molecule has 3 heterocycles. The molecule has 0 aliphatic rings. The fraction of sp³-hybridized carbons (Fsp3) is 0. The van der Waals surface area contributed by atoms with Crippen molar-refractivity contribution in [2.45, 2.75) is 0 Å². The molecule has 4 aromatic carbocycles. The van der Waals surface area contributed by atoms with Gasteiger partial charge in [0, 0.05) is 39.4 Å². The van der Waals surface area contributed by atoms with Gasteiger partial charge in [0.2, 0.25) is 0 Å². The minimum absolute atomic E-state index is 1.08. The zero-order valence-electron chi connectivity index (χ0n) is 17.9. The summed E-state index contributed by atoms with van der Waals surface area (Å²) in [7, 11) is 0. The van der Waals surface area contributed by atoms with Crippen molar-refractivity contribution in [1.29, 1.82) is 0 Å². The van der Waals surface area contributed by atoms with Gasteiger partial charge >= 0.3 is 0 Å². The normalized spacial score (nSPS) is 12.0. The van der Waals surface area contributed by atoms with E-state index in [2.05, 4.69) is 158 Å². The highest BCUT2D eigenvalue weighted by Crippen LogP contribution is 2.40. The molecule has 0 amide bonds. The van der Waals surface area contributed by atoms with E-state index in [1.54, 1.807) is 11.3 Å². The molecule has 0 aliphatic carbocycles. The Morgan fingerprint density at radius 3 is 0.971 bits per heavy atom. The molecule has 0 spiro atoms. The second-order valence-corrected chi connectivity index (χ2v) is 13.1. The van der Waals surface area contributed by atoms with E-state index in [1.165, 1.54) is 53.6 Å². The van der Waals surface area contributed by atoms with Crippen LogP contribution < -0.4 is 0 Å². The van der Waals surface area contributed by atoms with Gasteiger partial charge in [-0.05, 0) is 84.9 Å². The Morgan fingerprint density at radius 2 is 0.686 bits per heavy atom. The van der Waals surface area contributed by atoms with Crippen LogP contribution in [0.25, 0.3) is 53.6 Å². The van der Waals surface area contributed by atoms with Crippen molar-refractivity contribution in [1.82, 2.24) is 9.13 Å². The zero-order chi connectivity index (χ0) is 23.8. The number of halogens is 4. The molecule has 35 heavy (non-hydrogen) atoms. The molecule has 7 heteroatoms. The van der Waals surface area contributed by atoms with Crippen molar-refractivity contribution in [3.8, 4) is 10.0 Å². The second-order valence-electron chi connectivity index (χ2n) is 8.43. The van der Waals surface area contributed by atoms with Gasteiger partial charge < -0.3 is 9.13 Å². The lowest BCUT2D eigenvalue weighted by Crippen LogP contribution is -1.91. The highest BCUT2D eigenvalue weighted by atomic mass is 79.9. The molecule has 7 aromatic rings. The van der Waals surface area contributed by atoms with E-state index in [9.17, 15) is 0 Å². The monoisotopic (exact) mass is 726 g/mol. The van der Waals surface area contributed by atoms with Gasteiger partial charge in [0.25, 0.3) is 0 Å². The molecule has 3 aromatic heterocycles. The van der Waals surface area contributed by atoms with E-state index < -0.39 is 0 Å². The Bertz CT molecular complexity index is 1700. The van der Waals surface area contributed by atoms with Crippen LogP contribution in [0, 0.1) is 0 Å². The van der Waals surface area contributed by atoms with Crippen LogP contribution in [0.3, 0.4) is 0 Å². The maximum absolute atomic E-state index is 3.66. The Kier molecular flexibility index (Phi) is 5.30. The van der Waals surface area contributed by atoms with E-state index >= 15 is 0 Å². The van der Waals surface area contributed by atoms with Gasteiger partial charge in [-0.2, -0.15) is 0 Å². The Balaban J connectivity index is 1.51. The average Bonchev–Trinajstić information content (AvgIpc) is 3.51. The van der Waals surface area contributed by atoms with E-state index in [-0.39, 0.29) is 0 Å². The maximum atomic E-state index is 3.66. The van der Waals surface area contributed by atoms with Gasteiger partial charge in [-0.1, -0.05) is 75.1 Å². The van der Waals surface area contributed by atoms with Crippen LogP contribution in [0.1, 0.15) is 0 Å². The maximum Gasteiger partial charge on any atom is 0.102 e. The molecule has 0 saturated heterocycles. The van der Waals surface area contributed by atoms with Crippen molar-refractivity contribution in [3.63, 3.8) is 0 Å². The van der Waals surface area contributed by atoms with Crippen LogP contribution >= 0.6 is 75.1 Å². The van der Waals surface area contributed by atoms with Crippen molar-refractivity contribution < 1.29 is 0 Å². The van der Waals surface area contributed by atoms with Crippen LogP contribution in [-0.2, 0) is 0 Å². The van der Waals surface area contributed by atoms with Gasteiger partial charge in [-0.15, -0.1) is 0 Å². The average molecular weight is 730 g/mol. The van der Waals surface area contributed by atoms with E-state index in [0.717, 1.165) is 17.9 Å². The zero-order valence-corrected chi connectivity index (χ0v) is 25.1. The molecular weight excluding hydrogens is 716 g/mol. The van der Waals surface area contributed by atoms with Gasteiger partial charge in [0.1, 0.15) is 10.0 Å². The van der Waals surface area contributed by atoms with Crippen LogP contribution in [0.15, 0.2) is 103 Å². The number of nitrogens with zero attached hydrogens (tertiary/aromatic N) is 2. The van der Waals surface area contributed by atoms with Crippen molar-refractivity contribution >= 4 is 119 Å². The summed E-state index contributed by atoms with van der Waals surface area (Å²) in [5.74, 6) is 0. The fourth-order valence-electron chi connectivity index (χ4n) is 4.97. The molecule has 170 valence electrons. The predicted molar refractivity (Wildman–Crippen MR) is 164 cm³/mol. The summed E-state index contributed by atoms with van der Waals surface area (Å²) in [4.78, 5) is 0. The molecule has 0 aliphatic heterocycles. The highest BCUT2D eigenvalue weighted by molar-refractivity contribution is 9.11. The Hall–Kier alpha value is -1.90. The van der Waals surface area contributed by atoms with Crippen molar-refractivity contribution in [2.24, 2.45) is 0 Å². The summed E-state index contributed by atoms with van der Waals surface area (Å²) in [6.45, 7) is 0. The van der Waals surface area contributed by atoms with Gasteiger partial charge in [-0.3, -0.25) is 0 Å². The molecular formula is C28H14Br4N2S. The summed E-state index contributed by atoms with van der Waals surface area (Å²) in [5.41, 5.74) is 4.80. The summed E-state index contributed by atoms with van der Waals surface area (Å²) in [6.07, 6.45) is 0. The molecule has 0 saturated carbocycles. The van der Waals surface area contributed by atoms with Crippen LogP contribution in [0.4, 0.5) is 0 Å². The number of hydrogen-bond donors (Lipinski definition) is 0. The lowest BCUT2D eigenvalue weighted by atomic mass is 10.2. The van der Waals surface area contributed by atoms with Gasteiger partial charge in [0.05, 0.1) is 22.1 Å². The SMILES string of the molecule is Brc1ccc2c(c1)c1cc(Br)ccc1n2-c1ccc(-n2c3ccc(Br)cc3c3cc(Br)ccc32)s1. The first-order valence-corrected chi connectivity index (χ1v) is 14.9. The van der Waals surface area contributed by atoms with Gasteiger partial charge in [-0.25, -0.2) is 0 Å². The molecule has 7 rings (SSSR count). The number of benzene rings is 4. The number of thiophene rings is 1. The van der Waals surface area contributed by atoms with Crippen molar-refractivity contribution in [2.75, 3.05) is 0 Å². The molecule has 0 atom stereocenters. The molecule has 0 N–H and O–H groups in total. The molecule has 0 unspecified atom stereocenters. The minimum atomic E-state index is 1.08. The van der Waals surface area contributed by atoms with E-state index in [1.807, 2.05) is 0 Å². The third kappa shape index (κ3) is 3.50. The summed E-state index contributed by atoms with van der Waals surface area (Å²) in [6, 6.07) is 30.5. The summed E-state index contributed by atoms with van der Waals surface area (Å²) in [5, 5.41) is 7.31. The Morgan fingerprint density at radius 1 is 0.400 bits per heavy atom. The second kappa shape index (κ2) is 8.32. The van der Waals surface area contributed by atoms with Crippen LogP contribution in [0.5, 0.6) is 0 Å². The number of aromatic nitrogens is 2. The summed E-state index contributed by atoms with van der Waals surface area (Å²) < 4.78 is 9.08. The molecule has 0 radical (unpaired) electrons. The largest absolute Gasteiger partial charge is 0.301 e. The molecule has 0 fully saturated rings. The number of rotatable bonds is 2. The number of fused-ring (bicyclic) bond motifs is 6. The Labute approximate surface area is 238 Å². The molecule has 2 nitrogen and oxygen atoms in total. The fourth-order valence-corrected chi connectivity index (χ4v) is 7.48. The smallest absolute Gasteiger partial charge is 0.102 e.